The second-order valence-electron chi connectivity index (χ2n) is 6.66. The number of carboxylic acids is 1. The number of ether oxygens (including phenoxy) is 2. The van der Waals surface area contributed by atoms with Crippen LogP contribution >= 0.6 is 0 Å². The monoisotopic (exact) mass is 388 g/mol. The van der Waals surface area contributed by atoms with Gasteiger partial charge in [-0.2, -0.15) is 0 Å². The number of rotatable bonds is 7. The van der Waals surface area contributed by atoms with Gasteiger partial charge in [0, 0.05) is 12.6 Å². The van der Waals surface area contributed by atoms with Gasteiger partial charge >= 0.3 is 5.97 Å². The molecule has 10 nitrogen and oxygen atoms in total. The highest BCUT2D eigenvalue weighted by molar-refractivity contribution is 5.80. The number of hydrogen-bond acceptors (Lipinski definition) is 8. The normalized spacial score (nSPS) is 26.0. The molecule has 4 heterocycles. The number of amides is 1. The molecule has 2 aromatic heterocycles. The largest absolute Gasteiger partial charge is 0.481 e. The molecule has 2 aliphatic heterocycles. The zero-order chi connectivity index (χ0) is 19.5. The molecule has 10 heteroatoms. The van der Waals surface area contributed by atoms with Gasteiger partial charge in [0.25, 0.3) is 0 Å². The maximum atomic E-state index is 11.9. The van der Waals surface area contributed by atoms with Crippen LogP contribution in [0.15, 0.2) is 35.1 Å². The van der Waals surface area contributed by atoms with E-state index in [1.807, 2.05) is 6.07 Å². The van der Waals surface area contributed by atoms with E-state index in [0.29, 0.717) is 30.6 Å². The lowest BCUT2D eigenvalue weighted by Crippen LogP contribution is -2.44. The minimum Gasteiger partial charge on any atom is -0.481 e. The van der Waals surface area contributed by atoms with Crippen molar-refractivity contribution in [2.24, 2.45) is 0 Å². The van der Waals surface area contributed by atoms with Gasteiger partial charge in [-0.15, -0.1) is 0 Å². The van der Waals surface area contributed by atoms with Crippen molar-refractivity contribution in [3.8, 4) is 11.5 Å². The summed E-state index contributed by atoms with van der Waals surface area (Å²) >= 11 is 0. The molecule has 2 aliphatic rings. The molecule has 2 fully saturated rings. The van der Waals surface area contributed by atoms with Crippen LogP contribution in [0.5, 0.6) is 0 Å². The number of carbonyl (C=O) groups excluding carboxylic acids is 1. The van der Waals surface area contributed by atoms with E-state index in [0.717, 1.165) is 0 Å². The molecule has 2 aromatic rings. The van der Waals surface area contributed by atoms with Crippen LogP contribution in [0.3, 0.4) is 0 Å². The fraction of sp³-hybridized carbons (Fsp3) is 0.444. The molecule has 0 spiro atoms. The summed E-state index contributed by atoms with van der Waals surface area (Å²) in [5.74, 6) is -0.257. The standard InChI is InChI=1S/C18H20N4O6/c23-14(3-4-15(24)25)20-11-8-27-17-12(9-28-16(11)17)22-18-19-6-5-10(21-18)13-2-1-7-26-13/h1-2,5-7,11-12,16-17H,3-4,8-9H2,(H,20,23)(H,24,25)(H,19,21,22). The summed E-state index contributed by atoms with van der Waals surface area (Å²) in [6.07, 6.45) is 2.37. The van der Waals surface area contributed by atoms with Crippen molar-refractivity contribution in [3.63, 3.8) is 0 Å². The Morgan fingerprint density at radius 2 is 1.93 bits per heavy atom. The van der Waals surface area contributed by atoms with Crippen LogP contribution in [0.25, 0.3) is 11.5 Å². The molecule has 1 amide bonds. The third-order valence-electron chi connectivity index (χ3n) is 4.71. The minimum atomic E-state index is -1.01. The van der Waals surface area contributed by atoms with Gasteiger partial charge in [0.1, 0.15) is 17.9 Å². The topological polar surface area (TPSA) is 136 Å². The number of aliphatic carboxylic acids is 1. The number of anilines is 1. The van der Waals surface area contributed by atoms with E-state index in [-0.39, 0.29) is 43.0 Å². The number of fused-ring (bicyclic) bond motifs is 1. The SMILES string of the molecule is O=C(O)CCC(=O)NC1COC2C(Nc3nccc(-c4ccco4)n3)COC12. The van der Waals surface area contributed by atoms with Crippen LogP contribution in [0.2, 0.25) is 0 Å². The molecule has 148 valence electrons. The van der Waals surface area contributed by atoms with Crippen molar-refractivity contribution < 1.29 is 28.6 Å². The number of nitrogens with one attached hydrogen (secondary N) is 2. The van der Waals surface area contributed by atoms with Crippen molar-refractivity contribution in [1.29, 1.82) is 0 Å². The maximum absolute atomic E-state index is 11.9. The summed E-state index contributed by atoms with van der Waals surface area (Å²) in [5, 5.41) is 14.7. The van der Waals surface area contributed by atoms with Crippen molar-refractivity contribution in [2.45, 2.75) is 37.1 Å². The Kier molecular flexibility index (Phi) is 5.22. The quantitative estimate of drug-likeness (QED) is 0.625. The van der Waals surface area contributed by atoms with Crippen LogP contribution in [-0.2, 0) is 19.1 Å². The van der Waals surface area contributed by atoms with Gasteiger partial charge in [-0.05, 0) is 18.2 Å². The van der Waals surface area contributed by atoms with Gasteiger partial charge in [-0.25, -0.2) is 9.97 Å². The fourth-order valence-corrected chi connectivity index (χ4v) is 3.40. The highest BCUT2D eigenvalue weighted by Crippen LogP contribution is 2.29. The first kappa shape index (κ1) is 18.4. The molecular formula is C18H20N4O6. The highest BCUT2D eigenvalue weighted by Gasteiger charge is 2.48. The first-order chi connectivity index (χ1) is 13.6. The predicted octanol–water partition coefficient (Wildman–Crippen LogP) is 0.664. The molecule has 4 atom stereocenters. The van der Waals surface area contributed by atoms with Crippen LogP contribution in [0.1, 0.15) is 12.8 Å². The summed E-state index contributed by atoms with van der Waals surface area (Å²) in [5.41, 5.74) is 0.661. The Morgan fingerprint density at radius 3 is 2.68 bits per heavy atom. The summed E-state index contributed by atoms with van der Waals surface area (Å²) in [4.78, 5) is 31.2. The third kappa shape index (κ3) is 3.97. The Bertz CT molecular complexity index is 842. The second-order valence-corrected chi connectivity index (χ2v) is 6.66. The smallest absolute Gasteiger partial charge is 0.303 e. The van der Waals surface area contributed by atoms with Crippen LogP contribution < -0.4 is 10.6 Å². The number of carbonyl (C=O) groups is 2. The molecule has 0 aromatic carbocycles. The molecule has 3 N–H and O–H groups in total. The second kappa shape index (κ2) is 7.95. The lowest BCUT2D eigenvalue weighted by molar-refractivity contribution is -0.139. The predicted molar refractivity (Wildman–Crippen MR) is 95.4 cm³/mol. The Labute approximate surface area is 160 Å². The molecule has 0 saturated carbocycles. The van der Waals surface area contributed by atoms with Gasteiger partial charge in [0.05, 0.1) is 38.0 Å². The summed E-state index contributed by atoms with van der Waals surface area (Å²) in [7, 11) is 0. The Morgan fingerprint density at radius 1 is 1.14 bits per heavy atom. The Balaban J connectivity index is 1.35. The molecule has 2 saturated heterocycles. The Hall–Kier alpha value is -2.98. The molecule has 4 unspecified atom stereocenters. The van der Waals surface area contributed by atoms with Crippen molar-refractivity contribution >= 4 is 17.8 Å². The number of aromatic nitrogens is 2. The van der Waals surface area contributed by atoms with Crippen LogP contribution in [0, 0.1) is 0 Å². The maximum Gasteiger partial charge on any atom is 0.303 e. The zero-order valence-corrected chi connectivity index (χ0v) is 14.9. The molecule has 28 heavy (non-hydrogen) atoms. The highest BCUT2D eigenvalue weighted by atomic mass is 16.6. The van der Waals surface area contributed by atoms with Crippen LogP contribution in [-0.4, -0.2) is 64.5 Å². The van der Waals surface area contributed by atoms with E-state index in [1.54, 1.807) is 24.6 Å². The summed E-state index contributed by atoms with van der Waals surface area (Å²) < 4.78 is 17.0. The van der Waals surface area contributed by atoms with Gasteiger partial charge in [0.2, 0.25) is 11.9 Å². The van der Waals surface area contributed by atoms with E-state index in [1.165, 1.54) is 0 Å². The van der Waals surface area contributed by atoms with E-state index >= 15 is 0 Å². The first-order valence-electron chi connectivity index (χ1n) is 8.98. The van der Waals surface area contributed by atoms with Crippen molar-refractivity contribution in [2.75, 3.05) is 18.5 Å². The van der Waals surface area contributed by atoms with E-state index in [4.69, 9.17) is 19.0 Å². The molecule has 0 aliphatic carbocycles. The van der Waals surface area contributed by atoms with Gasteiger partial charge in [-0.1, -0.05) is 0 Å². The summed E-state index contributed by atoms with van der Waals surface area (Å²) in [6, 6.07) is 4.88. The number of furan rings is 1. The van der Waals surface area contributed by atoms with Gasteiger partial charge < -0.3 is 29.6 Å². The van der Waals surface area contributed by atoms with Crippen molar-refractivity contribution in [1.82, 2.24) is 15.3 Å². The summed E-state index contributed by atoms with van der Waals surface area (Å²) in [6.45, 7) is 0.685. The average molecular weight is 388 g/mol. The average Bonchev–Trinajstić information content (AvgIpc) is 3.41. The lowest BCUT2D eigenvalue weighted by Gasteiger charge is -2.18. The lowest BCUT2D eigenvalue weighted by atomic mass is 10.1. The number of hydrogen-bond donors (Lipinski definition) is 3. The van der Waals surface area contributed by atoms with Gasteiger partial charge in [-0.3, -0.25) is 9.59 Å². The van der Waals surface area contributed by atoms with Crippen LogP contribution in [0.4, 0.5) is 5.95 Å². The third-order valence-corrected chi connectivity index (χ3v) is 4.71. The van der Waals surface area contributed by atoms with E-state index < -0.39 is 5.97 Å². The molecule has 4 rings (SSSR count). The zero-order valence-electron chi connectivity index (χ0n) is 14.9. The fourth-order valence-electron chi connectivity index (χ4n) is 3.40. The molecular weight excluding hydrogens is 368 g/mol. The van der Waals surface area contributed by atoms with E-state index in [2.05, 4.69) is 20.6 Å². The van der Waals surface area contributed by atoms with Crippen molar-refractivity contribution in [3.05, 3.63) is 30.7 Å². The molecule has 0 bridgehead atoms. The first-order valence-corrected chi connectivity index (χ1v) is 8.98. The van der Waals surface area contributed by atoms with E-state index in [9.17, 15) is 9.59 Å². The van der Waals surface area contributed by atoms with Gasteiger partial charge in [0.15, 0.2) is 5.76 Å². The number of nitrogens with zero attached hydrogens (tertiary/aromatic N) is 2. The number of carboxylic acid groups (broad SMARTS) is 1. The minimum absolute atomic E-state index is 0.0711. The molecule has 0 radical (unpaired) electrons.